The largest absolute Gasteiger partial charge is 0.497 e. The summed E-state index contributed by atoms with van der Waals surface area (Å²) in [4.78, 5) is 24.9. The third-order valence-electron chi connectivity index (χ3n) is 3.26. The van der Waals surface area contributed by atoms with Gasteiger partial charge in [-0.1, -0.05) is 0 Å². The number of morpholine rings is 1. The molecular weight excluding hydrogens is 288 g/mol. The zero-order valence-electron chi connectivity index (χ0n) is 12.7. The summed E-state index contributed by atoms with van der Waals surface area (Å²) in [5, 5.41) is 2.61. The van der Waals surface area contributed by atoms with Gasteiger partial charge in [-0.15, -0.1) is 0 Å². The van der Waals surface area contributed by atoms with Crippen molar-refractivity contribution < 1.29 is 23.8 Å². The summed E-state index contributed by atoms with van der Waals surface area (Å²) in [5.41, 5.74) is 0.773. The number of anilines is 1. The number of carbonyl (C=O) groups is 2. The van der Waals surface area contributed by atoms with E-state index in [0.29, 0.717) is 19.7 Å². The van der Waals surface area contributed by atoms with Gasteiger partial charge >= 0.3 is 6.09 Å². The highest BCUT2D eigenvalue weighted by Gasteiger charge is 2.27. The number of ether oxygens (including phenoxy) is 3. The van der Waals surface area contributed by atoms with Gasteiger partial charge in [0.1, 0.15) is 12.4 Å². The molecule has 1 heterocycles. The fourth-order valence-corrected chi connectivity index (χ4v) is 2.14. The van der Waals surface area contributed by atoms with Crippen LogP contribution in [0.5, 0.6) is 5.75 Å². The lowest BCUT2D eigenvalue weighted by Gasteiger charge is -2.32. The number of carbonyl (C=O) groups excluding carboxylic acids is 2. The molecule has 1 atom stereocenters. The summed E-state index contributed by atoms with van der Waals surface area (Å²) in [6.07, 6.45) is -0.761. The Hall–Kier alpha value is -2.28. The molecule has 120 valence electrons. The summed E-state index contributed by atoms with van der Waals surface area (Å²) in [6.45, 7) is 2.70. The molecular formula is C15H20N2O5. The maximum Gasteiger partial charge on any atom is 0.407 e. The van der Waals surface area contributed by atoms with Crippen molar-refractivity contribution in [2.24, 2.45) is 0 Å². The van der Waals surface area contributed by atoms with Crippen molar-refractivity contribution in [2.45, 2.75) is 13.0 Å². The van der Waals surface area contributed by atoms with E-state index >= 15 is 0 Å². The van der Waals surface area contributed by atoms with Gasteiger partial charge in [-0.2, -0.15) is 0 Å². The standard InChI is InChI=1S/C15H20N2O5/c1-3-21-15(19)16-8-13-9-17(14(18)10-22-13)11-4-6-12(20-2)7-5-11/h4-7,13H,3,8-10H2,1-2H3,(H,16,19). The number of hydrogen-bond acceptors (Lipinski definition) is 5. The number of amides is 2. The van der Waals surface area contributed by atoms with Crippen LogP contribution in [0.3, 0.4) is 0 Å². The predicted octanol–water partition coefficient (Wildman–Crippen LogP) is 1.17. The minimum atomic E-state index is -0.487. The van der Waals surface area contributed by atoms with E-state index in [2.05, 4.69) is 5.32 Å². The molecule has 0 saturated carbocycles. The molecule has 0 aliphatic carbocycles. The molecule has 0 radical (unpaired) electrons. The molecule has 1 aromatic rings. The van der Waals surface area contributed by atoms with Crippen LogP contribution >= 0.6 is 0 Å². The molecule has 0 spiro atoms. The Bertz CT molecular complexity index is 517. The summed E-state index contributed by atoms with van der Waals surface area (Å²) < 4.78 is 15.3. The highest BCUT2D eigenvalue weighted by atomic mass is 16.5. The van der Waals surface area contributed by atoms with E-state index in [-0.39, 0.29) is 18.6 Å². The van der Waals surface area contributed by atoms with E-state index in [4.69, 9.17) is 14.2 Å². The van der Waals surface area contributed by atoms with Gasteiger partial charge in [0.05, 0.1) is 26.4 Å². The Kier molecular flexibility index (Phi) is 5.60. The van der Waals surface area contributed by atoms with Gasteiger partial charge in [0, 0.05) is 12.2 Å². The van der Waals surface area contributed by atoms with Crippen LogP contribution in [-0.2, 0) is 14.3 Å². The van der Waals surface area contributed by atoms with Gasteiger partial charge < -0.3 is 24.4 Å². The predicted molar refractivity (Wildman–Crippen MR) is 80.1 cm³/mol. The van der Waals surface area contributed by atoms with Crippen LogP contribution in [0, 0.1) is 0 Å². The second-order valence-electron chi connectivity index (χ2n) is 4.74. The molecule has 1 aliphatic rings. The Labute approximate surface area is 129 Å². The van der Waals surface area contributed by atoms with Crippen molar-refractivity contribution in [3.63, 3.8) is 0 Å². The Balaban J connectivity index is 1.95. The number of methoxy groups -OCH3 is 1. The summed E-state index contributed by atoms with van der Waals surface area (Å²) in [7, 11) is 1.59. The lowest BCUT2D eigenvalue weighted by Crippen LogP contribution is -2.50. The van der Waals surface area contributed by atoms with Crippen molar-refractivity contribution in [1.82, 2.24) is 5.32 Å². The number of nitrogens with one attached hydrogen (secondary N) is 1. The highest BCUT2D eigenvalue weighted by Crippen LogP contribution is 2.21. The number of rotatable bonds is 5. The molecule has 0 aromatic heterocycles. The van der Waals surface area contributed by atoms with Crippen LogP contribution in [0.25, 0.3) is 0 Å². The Morgan fingerprint density at radius 2 is 2.14 bits per heavy atom. The van der Waals surface area contributed by atoms with Gasteiger partial charge in [-0.25, -0.2) is 4.79 Å². The molecule has 0 bridgehead atoms. The van der Waals surface area contributed by atoms with Crippen LogP contribution in [0.2, 0.25) is 0 Å². The van der Waals surface area contributed by atoms with E-state index in [1.165, 1.54) is 0 Å². The molecule has 1 N–H and O–H groups in total. The first kappa shape index (κ1) is 16.1. The molecule has 1 aromatic carbocycles. The molecule has 1 unspecified atom stereocenters. The minimum Gasteiger partial charge on any atom is -0.497 e. The second-order valence-corrected chi connectivity index (χ2v) is 4.74. The van der Waals surface area contributed by atoms with E-state index < -0.39 is 6.09 Å². The molecule has 7 nitrogen and oxygen atoms in total. The number of alkyl carbamates (subject to hydrolysis) is 1. The third-order valence-corrected chi connectivity index (χ3v) is 3.26. The average Bonchev–Trinajstić information content (AvgIpc) is 2.54. The molecule has 22 heavy (non-hydrogen) atoms. The fourth-order valence-electron chi connectivity index (χ4n) is 2.14. The van der Waals surface area contributed by atoms with E-state index in [1.807, 2.05) is 12.1 Å². The zero-order chi connectivity index (χ0) is 15.9. The first-order chi connectivity index (χ1) is 10.6. The van der Waals surface area contributed by atoms with E-state index in [9.17, 15) is 9.59 Å². The van der Waals surface area contributed by atoms with Crippen LogP contribution in [0.1, 0.15) is 6.92 Å². The first-order valence-electron chi connectivity index (χ1n) is 7.10. The number of nitrogens with zero attached hydrogens (tertiary/aromatic N) is 1. The quantitative estimate of drug-likeness (QED) is 0.883. The second kappa shape index (κ2) is 7.65. The van der Waals surface area contributed by atoms with E-state index in [0.717, 1.165) is 11.4 Å². The van der Waals surface area contributed by atoms with Crippen LogP contribution in [-0.4, -0.2) is 51.5 Å². The van der Waals surface area contributed by atoms with Crippen molar-refractivity contribution in [3.8, 4) is 5.75 Å². The van der Waals surface area contributed by atoms with Gasteiger partial charge in [0.25, 0.3) is 5.91 Å². The first-order valence-corrected chi connectivity index (χ1v) is 7.10. The van der Waals surface area contributed by atoms with Crippen LogP contribution in [0.4, 0.5) is 10.5 Å². The minimum absolute atomic E-state index is 0.0127. The van der Waals surface area contributed by atoms with Crippen molar-refractivity contribution in [1.29, 1.82) is 0 Å². The van der Waals surface area contributed by atoms with Crippen molar-refractivity contribution >= 4 is 17.7 Å². The van der Waals surface area contributed by atoms with Gasteiger partial charge in [0.2, 0.25) is 0 Å². The summed E-state index contributed by atoms with van der Waals surface area (Å²) in [6, 6.07) is 7.23. The van der Waals surface area contributed by atoms with Crippen molar-refractivity contribution in [3.05, 3.63) is 24.3 Å². The lowest BCUT2D eigenvalue weighted by molar-refractivity contribution is -0.129. The fraction of sp³-hybridized carbons (Fsp3) is 0.467. The molecule has 1 aliphatic heterocycles. The van der Waals surface area contributed by atoms with Gasteiger partial charge in [0.15, 0.2) is 0 Å². The topological polar surface area (TPSA) is 77.1 Å². The normalized spacial score (nSPS) is 18.0. The molecule has 7 heteroatoms. The smallest absolute Gasteiger partial charge is 0.407 e. The Morgan fingerprint density at radius 3 is 2.77 bits per heavy atom. The zero-order valence-corrected chi connectivity index (χ0v) is 12.7. The summed E-state index contributed by atoms with van der Waals surface area (Å²) in [5.74, 6) is 0.613. The van der Waals surface area contributed by atoms with Crippen LogP contribution < -0.4 is 15.0 Å². The summed E-state index contributed by atoms with van der Waals surface area (Å²) >= 11 is 0. The average molecular weight is 308 g/mol. The molecule has 2 rings (SSSR count). The highest BCUT2D eigenvalue weighted by molar-refractivity contribution is 5.95. The lowest BCUT2D eigenvalue weighted by atomic mass is 10.2. The molecule has 1 fully saturated rings. The van der Waals surface area contributed by atoms with Gasteiger partial charge in [-0.05, 0) is 31.2 Å². The Morgan fingerprint density at radius 1 is 1.41 bits per heavy atom. The van der Waals surface area contributed by atoms with Crippen molar-refractivity contribution in [2.75, 3.05) is 38.3 Å². The third kappa shape index (κ3) is 4.11. The van der Waals surface area contributed by atoms with Crippen LogP contribution in [0.15, 0.2) is 24.3 Å². The van der Waals surface area contributed by atoms with Gasteiger partial charge in [-0.3, -0.25) is 4.79 Å². The maximum absolute atomic E-state index is 12.0. The molecule has 2 amide bonds. The monoisotopic (exact) mass is 308 g/mol. The number of benzene rings is 1. The SMILES string of the molecule is CCOC(=O)NCC1CN(c2ccc(OC)cc2)C(=O)CO1. The number of hydrogen-bond donors (Lipinski definition) is 1. The maximum atomic E-state index is 12.0. The molecule has 1 saturated heterocycles. The van der Waals surface area contributed by atoms with E-state index in [1.54, 1.807) is 31.1 Å².